The molecule has 0 spiro atoms. The van der Waals surface area contributed by atoms with Crippen molar-refractivity contribution in [2.75, 3.05) is 13.1 Å². The third-order valence-corrected chi connectivity index (χ3v) is 5.23. The Morgan fingerprint density at radius 2 is 2.00 bits per heavy atom. The van der Waals surface area contributed by atoms with Gasteiger partial charge in [0, 0.05) is 29.7 Å². The number of H-pyrrole nitrogens is 1. The number of carbonyl (C=O) groups is 2. The predicted octanol–water partition coefficient (Wildman–Crippen LogP) is 3.05. The van der Waals surface area contributed by atoms with Crippen molar-refractivity contribution < 1.29 is 14.7 Å². The van der Waals surface area contributed by atoms with E-state index in [0.29, 0.717) is 18.5 Å². The van der Waals surface area contributed by atoms with Crippen LogP contribution >= 0.6 is 0 Å². The normalized spacial score (nSPS) is 21.3. The van der Waals surface area contributed by atoms with Gasteiger partial charge in [0.15, 0.2) is 0 Å². The van der Waals surface area contributed by atoms with Crippen molar-refractivity contribution in [1.29, 1.82) is 0 Å². The number of carboxylic acid groups (broad SMARTS) is 1. The van der Waals surface area contributed by atoms with Crippen LogP contribution in [0.25, 0.3) is 10.9 Å². The summed E-state index contributed by atoms with van der Waals surface area (Å²) in [7, 11) is 0. The number of aliphatic carboxylic acids is 1. The summed E-state index contributed by atoms with van der Waals surface area (Å²) in [6.45, 7) is 6.48. The van der Waals surface area contributed by atoms with E-state index in [-0.39, 0.29) is 18.4 Å². The monoisotopic (exact) mass is 314 g/mol. The standard InChI is InChI=1S/C18H22N2O3/c1-11(2)18(17(22)23)8-9-20(10-18)16(21)15-12(3)19-14-7-5-4-6-13(14)15/h4-7,11,19H,8-10H2,1-3H3,(H,22,23). The zero-order valence-corrected chi connectivity index (χ0v) is 13.7. The molecule has 0 aliphatic carbocycles. The topological polar surface area (TPSA) is 73.4 Å². The van der Waals surface area contributed by atoms with Gasteiger partial charge in [-0.1, -0.05) is 32.0 Å². The summed E-state index contributed by atoms with van der Waals surface area (Å²) in [6.07, 6.45) is 0.507. The summed E-state index contributed by atoms with van der Waals surface area (Å²) in [5.74, 6) is -0.899. The molecule has 1 fully saturated rings. The average molecular weight is 314 g/mol. The maximum Gasteiger partial charge on any atom is 0.311 e. The van der Waals surface area contributed by atoms with Crippen molar-refractivity contribution in [1.82, 2.24) is 9.88 Å². The van der Waals surface area contributed by atoms with Crippen LogP contribution in [-0.4, -0.2) is 40.0 Å². The van der Waals surface area contributed by atoms with Crippen LogP contribution in [0.4, 0.5) is 0 Å². The highest BCUT2D eigenvalue weighted by Crippen LogP contribution is 2.39. The smallest absolute Gasteiger partial charge is 0.311 e. The quantitative estimate of drug-likeness (QED) is 0.914. The van der Waals surface area contributed by atoms with Gasteiger partial charge < -0.3 is 15.0 Å². The van der Waals surface area contributed by atoms with E-state index < -0.39 is 11.4 Å². The first-order valence-corrected chi connectivity index (χ1v) is 7.97. The van der Waals surface area contributed by atoms with Gasteiger partial charge in [0.2, 0.25) is 0 Å². The molecule has 0 saturated carbocycles. The number of amides is 1. The Bertz CT molecular complexity index is 778. The van der Waals surface area contributed by atoms with E-state index in [2.05, 4.69) is 4.98 Å². The number of fused-ring (bicyclic) bond motifs is 1. The first-order chi connectivity index (χ1) is 10.9. The first kappa shape index (κ1) is 15.6. The van der Waals surface area contributed by atoms with Crippen LogP contribution in [0.1, 0.15) is 36.3 Å². The van der Waals surface area contributed by atoms with Crippen molar-refractivity contribution >= 4 is 22.8 Å². The number of benzene rings is 1. The molecule has 2 aromatic rings. The fraction of sp³-hybridized carbons (Fsp3) is 0.444. The molecule has 0 radical (unpaired) electrons. The molecule has 1 atom stereocenters. The molecular weight excluding hydrogens is 292 g/mol. The van der Waals surface area contributed by atoms with Crippen molar-refractivity contribution in [3.63, 3.8) is 0 Å². The van der Waals surface area contributed by atoms with E-state index in [9.17, 15) is 14.7 Å². The molecule has 5 nitrogen and oxygen atoms in total. The van der Waals surface area contributed by atoms with Crippen LogP contribution in [0.3, 0.4) is 0 Å². The van der Waals surface area contributed by atoms with Crippen LogP contribution in [0.5, 0.6) is 0 Å². The molecule has 1 aliphatic rings. The Kier molecular flexibility index (Phi) is 3.66. The summed E-state index contributed by atoms with van der Waals surface area (Å²) in [5, 5.41) is 10.5. The predicted molar refractivity (Wildman–Crippen MR) is 88.5 cm³/mol. The van der Waals surface area contributed by atoms with Crippen LogP contribution in [0.15, 0.2) is 24.3 Å². The molecule has 1 aliphatic heterocycles. The van der Waals surface area contributed by atoms with E-state index in [4.69, 9.17) is 0 Å². The van der Waals surface area contributed by atoms with Gasteiger partial charge in [-0.3, -0.25) is 9.59 Å². The highest BCUT2D eigenvalue weighted by molar-refractivity contribution is 6.08. The molecule has 3 rings (SSSR count). The van der Waals surface area contributed by atoms with Crippen LogP contribution < -0.4 is 0 Å². The van der Waals surface area contributed by atoms with Gasteiger partial charge >= 0.3 is 5.97 Å². The second-order valence-electron chi connectivity index (χ2n) is 6.76. The van der Waals surface area contributed by atoms with Gasteiger partial charge in [-0.15, -0.1) is 0 Å². The van der Waals surface area contributed by atoms with E-state index in [0.717, 1.165) is 16.6 Å². The number of likely N-dealkylation sites (tertiary alicyclic amines) is 1. The van der Waals surface area contributed by atoms with Gasteiger partial charge in [0.05, 0.1) is 11.0 Å². The summed E-state index contributed by atoms with van der Waals surface area (Å²) in [4.78, 5) is 29.7. The number of aromatic amines is 1. The maximum absolute atomic E-state index is 13.0. The summed E-state index contributed by atoms with van der Waals surface area (Å²) in [5.41, 5.74) is 1.58. The van der Waals surface area contributed by atoms with Gasteiger partial charge in [-0.05, 0) is 25.3 Å². The second-order valence-corrected chi connectivity index (χ2v) is 6.76. The fourth-order valence-corrected chi connectivity index (χ4v) is 3.61. The fourth-order valence-electron chi connectivity index (χ4n) is 3.61. The van der Waals surface area contributed by atoms with Crippen LogP contribution in [0, 0.1) is 18.3 Å². The van der Waals surface area contributed by atoms with Crippen molar-refractivity contribution in [2.45, 2.75) is 27.2 Å². The van der Waals surface area contributed by atoms with Gasteiger partial charge in [-0.2, -0.15) is 0 Å². The molecule has 2 N–H and O–H groups in total. The molecule has 1 aromatic carbocycles. The van der Waals surface area contributed by atoms with Crippen LogP contribution in [0.2, 0.25) is 0 Å². The molecule has 0 bridgehead atoms. The number of carboxylic acids is 1. The van der Waals surface area contributed by atoms with E-state index in [1.807, 2.05) is 45.0 Å². The molecular formula is C18H22N2O3. The minimum Gasteiger partial charge on any atom is -0.481 e. The summed E-state index contributed by atoms with van der Waals surface area (Å²) >= 11 is 0. The van der Waals surface area contributed by atoms with Gasteiger partial charge in [-0.25, -0.2) is 0 Å². The van der Waals surface area contributed by atoms with Crippen molar-refractivity contribution in [3.05, 3.63) is 35.5 Å². The zero-order chi connectivity index (χ0) is 16.8. The Morgan fingerprint density at radius 1 is 1.30 bits per heavy atom. The number of para-hydroxylation sites is 1. The second kappa shape index (κ2) is 5.41. The number of hydrogen-bond donors (Lipinski definition) is 2. The minimum atomic E-state index is -0.838. The molecule has 1 aromatic heterocycles. The third-order valence-electron chi connectivity index (χ3n) is 5.23. The number of nitrogens with one attached hydrogen (secondary N) is 1. The molecule has 2 heterocycles. The number of hydrogen-bond acceptors (Lipinski definition) is 2. The Hall–Kier alpha value is -2.30. The lowest BCUT2D eigenvalue weighted by Gasteiger charge is -2.28. The molecule has 122 valence electrons. The maximum atomic E-state index is 13.0. The minimum absolute atomic E-state index is 0.0122. The number of aryl methyl sites for hydroxylation is 1. The largest absolute Gasteiger partial charge is 0.481 e. The van der Waals surface area contributed by atoms with E-state index in [1.165, 1.54) is 0 Å². The number of carbonyl (C=O) groups excluding carboxylic acids is 1. The van der Waals surface area contributed by atoms with E-state index >= 15 is 0 Å². The van der Waals surface area contributed by atoms with Crippen LogP contribution in [-0.2, 0) is 4.79 Å². The number of aromatic nitrogens is 1. The number of rotatable bonds is 3. The van der Waals surface area contributed by atoms with Gasteiger partial charge in [0.1, 0.15) is 0 Å². The Balaban J connectivity index is 1.95. The van der Waals surface area contributed by atoms with Crippen molar-refractivity contribution in [3.8, 4) is 0 Å². The SMILES string of the molecule is Cc1[nH]c2ccccc2c1C(=O)N1CCC(C(=O)O)(C(C)C)C1. The number of nitrogens with zero attached hydrogens (tertiary/aromatic N) is 1. The van der Waals surface area contributed by atoms with E-state index in [1.54, 1.807) is 4.90 Å². The summed E-state index contributed by atoms with van der Waals surface area (Å²) in [6, 6.07) is 7.70. The van der Waals surface area contributed by atoms with Crippen molar-refractivity contribution in [2.24, 2.45) is 11.3 Å². The lowest BCUT2D eigenvalue weighted by atomic mass is 9.76. The molecule has 1 unspecified atom stereocenters. The average Bonchev–Trinajstić information content (AvgIpc) is 3.08. The van der Waals surface area contributed by atoms with Gasteiger partial charge in [0.25, 0.3) is 5.91 Å². The Labute approximate surface area is 135 Å². The third kappa shape index (κ3) is 2.31. The lowest BCUT2D eigenvalue weighted by molar-refractivity contribution is -0.150. The Morgan fingerprint density at radius 3 is 2.61 bits per heavy atom. The molecule has 5 heteroatoms. The first-order valence-electron chi connectivity index (χ1n) is 7.97. The molecule has 1 amide bonds. The summed E-state index contributed by atoms with van der Waals surface area (Å²) < 4.78 is 0. The lowest BCUT2D eigenvalue weighted by Crippen LogP contribution is -2.40. The molecule has 23 heavy (non-hydrogen) atoms. The highest BCUT2D eigenvalue weighted by atomic mass is 16.4. The zero-order valence-electron chi connectivity index (χ0n) is 13.7. The molecule has 1 saturated heterocycles. The highest BCUT2D eigenvalue weighted by Gasteiger charge is 2.48.